The minimum absolute atomic E-state index is 0.130. The monoisotopic (exact) mass is 282 g/mol. The van der Waals surface area contributed by atoms with Crippen LogP contribution in [0.2, 0.25) is 0 Å². The summed E-state index contributed by atoms with van der Waals surface area (Å²) in [5.74, 6) is -1.18. The highest BCUT2D eigenvalue weighted by Gasteiger charge is 2.43. The van der Waals surface area contributed by atoms with Gasteiger partial charge in [-0.1, -0.05) is 18.2 Å². The van der Waals surface area contributed by atoms with Gasteiger partial charge in [-0.3, -0.25) is 9.69 Å². The number of carboxylic acids is 1. The van der Waals surface area contributed by atoms with E-state index in [2.05, 4.69) is 35.1 Å². The fourth-order valence-corrected chi connectivity index (χ4v) is 3.89. The molecule has 108 valence electrons. The highest BCUT2D eigenvalue weighted by molar-refractivity contribution is 6.00. The first-order chi connectivity index (χ1) is 10.0. The molecular formula is C17H18N2O2. The van der Waals surface area contributed by atoms with Gasteiger partial charge in [0.15, 0.2) is 0 Å². The van der Waals surface area contributed by atoms with Crippen LogP contribution < -0.4 is 0 Å². The first-order valence-corrected chi connectivity index (χ1v) is 7.26. The summed E-state index contributed by atoms with van der Waals surface area (Å²) in [6.07, 6.45) is 4.97. The van der Waals surface area contributed by atoms with Crippen molar-refractivity contribution in [3.63, 3.8) is 0 Å². The molecule has 0 bridgehead atoms. The molecule has 2 heterocycles. The molecule has 2 N–H and O–H groups in total. The van der Waals surface area contributed by atoms with Crippen LogP contribution in [0, 0.1) is 5.92 Å². The standard InChI is InChI=1S/C17H18N2O2/c1-17-7-11-8-18-14-5-3-4-12(15(11)14)13(17)6-10(16(20)21)9-19(17)2/h3-6,8,10,18H,7,9H2,1-2H3,(H,20,21)/t10?,17-/m1/s1. The predicted octanol–water partition coefficient (Wildman–Crippen LogP) is 2.51. The van der Waals surface area contributed by atoms with Crippen molar-refractivity contribution in [1.29, 1.82) is 0 Å². The zero-order valence-corrected chi connectivity index (χ0v) is 12.2. The Bertz CT molecular complexity index is 789. The maximum atomic E-state index is 11.4. The number of aromatic nitrogens is 1. The van der Waals surface area contributed by atoms with Crippen LogP contribution in [0.5, 0.6) is 0 Å². The minimum Gasteiger partial charge on any atom is -0.481 e. The predicted molar refractivity (Wildman–Crippen MR) is 82.1 cm³/mol. The van der Waals surface area contributed by atoms with E-state index >= 15 is 0 Å². The van der Waals surface area contributed by atoms with Gasteiger partial charge < -0.3 is 10.1 Å². The molecule has 0 saturated heterocycles. The van der Waals surface area contributed by atoms with Crippen molar-refractivity contribution in [3.05, 3.63) is 41.6 Å². The Kier molecular flexibility index (Phi) is 2.40. The molecule has 0 saturated carbocycles. The smallest absolute Gasteiger partial charge is 0.311 e. The Balaban J connectivity index is 2.02. The van der Waals surface area contributed by atoms with Gasteiger partial charge in [-0.05, 0) is 43.2 Å². The van der Waals surface area contributed by atoms with Gasteiger partial charge in [0.2, 0.25) is 0 Å². The van der Waals surface area contributed by atoms with Crippen LogP contribution in [-0.4, -0.2) is 40.1 Å². The zero-order valence-electron chi connectivity index (χ0n) is 12.2. The topological polar surface area (TPSA) is 56.3 Å². The van der Waals surface area contributed by atoms with Gasteiger partial charge in [-0.25, -0.2) is 0 Å². The molecule has 1 aliphatic carbocycles. The Labute approximate surface area is 123 Å². The van der Waals surface area contributed by atoms with Crippen LogP contribution in [0.3, 0.4) is 0 Å². The number of fused-ring (bicyclic) bond motifs is 2. The van der Waals surface area contributed by atoms with Gasteiger partial charge >= 0.3 is 5.97 Å². The lowest BCUT2D eigenvalue weighted by molar-refractivity contribution is -0.141. The average molecular weight is 282 g/mol. The van der Waals surface area contributed by atoms with Gasteiger partial charge in [0.25, 0.3) is 0 Å². The summed E-state index contributed by atoms with van der Waals surface area (Å²) < 4.78 is 0. The van der Waals surface area contributed by atoms with E-state index in [1.807, 2.05) is 19.2 Å². The molecule has 1 aromatic heterocycles. The number of nitrogens with zero attached hydrogens (tertiary/aromatic N) is 1. The second-order valence-corrected chi connectivity index (χ2v) is 6.40. The SMILES string of the molecule is CN1CC(C(=O)O)C=C2c3cccc4[nH]cc(c34)C[C@]21C. The normalized spacial score (nSPS) is 28.3. The van der Waals surface area contributed by atoms with Crippen LogP contribution in [0.25, 0.3) is 16.5 Å². The summed E-state index contributed by atoms with van der Waals surface area (Å²) in [6, 6.07) is 6.22. The van der Waals surface area contributed by atoms with Gasteiger partial charge in [0, 0.05) is 29.2 Å². The average Bonchev–Trinajstić information content (AvgIpc) is 2.85. The molecule has 0 amide bonds. The lowest BCUT2D eigenvalue weighted by Crippen LogP contribution is -2.53. The van der Waals surface area contributed by atoms with E-state index in [-0.39, 0.29) is 5.54 Å². The number of hydrogen-bond acceptors (Lipinski definition) is 2. The number of carbonyl (C=O) groups is 1. The van der Waals surface area contributed by atoms with Crippen molar-refractivity contribution in [2.75, 3.05) is 13.6 Å². The number of aliphatic carboxylic acids is 1. The van der Waals surface area contributed by atoms with Crippen molar-refractivity contribution in [1.82, 2.24) is 9.88 Å². The molecule has 2 aromatic rings. The second-order valence-electron chi connectivity index (χ2n) is 6.40. The van der Waals surface area contributed by atoms with Crippen LogP contribution in [0.15, 0.2) is 30.5 Å². The van der Waals surface area contributed by atoms with Gasteiger partial charge in [0.05, 0.1) is 5.92 Å². The summed E-state index contributed by atoms with van der Waals surface area (Å²) >= 11 is 0. The number of H-pyrrole nitrogens is 1. The molecule has 1 aromatic carbocycles. The Hall–Kier alpha value is -2.07. The molecule has 4 nitrogen and oxygen atoms in total. The second kappa shape index (κ2) is 3.98. The highest BCUT2D eigenvalue weighted by Crippen LogP contribution is 2.46. The van der Waals surface area contributed by atoms with E-state index in [1.54, 1.807) is 0 Å². The molecule has 2 atom stereocenters. The molecule has 0 fully saturated rings. The Morgan fingerprint density at radius 3 is 3.05 bits per heavy atom. The first kappa shape index (κ1) is 12.7. The first-order valence-electron chi connectivity index (χ1n) is 7.26. The number of likely N-dealkylation sites (N-methyl/N-ethyl adjacent to an activating group) is 1. The number of benzene rings is 1. The third-order valence-corrected chi connectivity index (χ3v) is 5.19. The maximum absolute atomic E-state index is 11.4. The number of aromatic amines is 1. The van der Waals surface area contributed by atoms with Crippen LogP contribution in [0.4, 0.5) is 0 Å². The van der Waals surface area contributed by atoms with E-state index in [4.69, 9.17) is 0 Å². The number of carboxylic acid groups (broad SMARTS) is 1. The van der Waals surface area contributed by atoms with Gasteiger partial charge in [-0.2, -0.15) is 0 Å². The molecule has 2 aliphatic rings. The molecule has 1 unspecified atom stereocenters. The van der Waals surface area contributed by atoms with Crippen molar-refractivity contribution < 1.29 is 9.90 Å². The summed E-state index contributed by atoms with van der Waals surface area (Å²) in [5.41, 5.74) is 4.65. The largest absolute Gasteiger partial charge is 0.481 e. The van der Waals surface area contributed by atoms with Crippen LogP contribution in [-0.2, 0) is 11.2 Å². The van der Waals surface area contributed by atoms with Crippen LogP contribution >= 0.6 is 0 Å². The molecule has 0 radical (unpaired) electrons. The van der Waals surface area contributed by atoms with Crippen molar-refractivity contribution in [3.8, 4) is 0 Å². The van der Waals surface area contributed by atoms with E-state index in [0.29, 0.717) is 6.54 Å². The Morgan fingerprint density at radius 1 is 1.48 bits per heavy atom. The third-order valence-electron chi connectivity index (χ3n) is 5.19. The van der Waals surface area contributed by atoms with Crippen molar-refractivity contribution >= 4 is 22.4 Å². The quantitative estimate of drug-likeness (QED) is 0.845. The summed E-state index contributed by atoms with van der Waals surface area (Å²) in [6.45, 7) is 2.77. The van der Waals surface area contributed by atoms with E-state index in [1.165, 1.54) is 16.5 Å². The third kappa shape index (κ3) is 1.56. The fraction of sp³-hybridized carbons (Fsp3) is 0.353. The lowest BCUT2D eigenvalue weighted by Gasteiger charge is -2.47. The minimum atomic E-state index is -0.747. The number of hydrogen-bond donors (Lipinski definition) is 2. The Morgan fingerprint density at radius 2 is 2.29 bits per heavy atom. The summed E-state index contributed by atoms with van der Waals surface area (Å²) in [7, 11) is 2.03. The maximum Gasteiger partial charge on any atom is 0.311 e. The van der Waals surface area contributed by atoms with E-state index in [0.717, 1.165) is 17.5 Å². The molecular weight excluding hydrogens is 264 g/mol. The highest BCUT2D eigenvalue weighted by atomic mass is 16.4. The van der Waals surface area contributed by atoms with Gasteiger partial charge in [-0.15, -0.1) is 0 Å². The lowest BCUT2D eigenvalue weighted by atomic mass is 9.71. The van der Waals surface area contributed by atoms with E-state index < -0.39 is 11.9 Å². The molecule has 1 aliphatic heterocycles. The van der Waals surface area contributed by atoms with Gasteiger partial charge in [0.1, 0.15) is 0 Å². The zero-order chi connectivity index (χ0) is 14.8. The van der Waals surface area contributed by atoms with E-state index in [9.17, 15) is 9.90 Å². The van der Waals surface area contributed by atoms with Crippen LogP contribution in [0.1, 0.15) is 18.1 Å². The number of rotatable bonds is 1. The summed E-state index contributed by atoms with van der Waals surface area (Å²) in [5, 5.41) is 10.7. The molecule has 4 heteroatoms. The molecule has 0 spiro atoms. The summed E-state index contributed by atoms with van der Waals surface area (Å²) in [4.78, 5) is 17.0. The van der Waals surface area contributed by atoms with Crippen molar-refractivity contribution in [2.45, 2.75) is 18.9 Å². The van der Waals surface area contributed by atoms with Crippen molar-refractivity contribution in [2.24, 2.45) is 5.92 Å². The number of nitrogens with one attached hydrogen (secondary N) is 1. The molecule has 4 rings (SSSR count). The fourth-order valence-electron chi connectivity index (χ4n) is 3.89. The molecule has 21 heavy (non-hydrogen) atoms.